The second-order valence-corrected chi connectivity index (χ2v) is 7.92. The molecule has 144 valence electrons. The first-order valence-corrected chi connectivity index (χ1v) is 9.76. The lowest BCUT2D eigenvalue weighted by Crippen LogP contribution is -2.19. The molecule has 2 N–H and O–H groups in total. The number of Topliss-reactive ketones (excluding diaryl/α,β-unsaturated/α-hetero) is 1. The molecule has 1 aromatic heterocycles. The molecule has 1 heterocycles. The number of benzene rings is 1. The fourth-order valence-electron chi connectivity index (χ4n) is 3.53. The molecule has 6 heteroatoms. The van der Waals surface area contributed by atoms with Crippen LogP contribution in [-0.2, 0) is 22.4 Å². The highest BCUT2D eigenvalue weighted by atomic mass is 16.2. The maximum absolute atomic E-state index is 12.5. The van der Waals surface area contributed by atoms with Crippen LogP contribution in [0.2, 0.25) is 0 Å². The molecule has 1 aliphatic carbocycles. The van der Waals surface area contributed by atoms with Gasteiger partial charge in [-0.3, -0.25) is 20.0 Å². The van der Waals surface area contributed by atoms with Gasteiger partial charge in [-0.25, -0.2) is 0 Å². The van der Waals surface area contributed by atoms with Gasteiger partial charge in [0.25, 0.3) is 0 Å². The third kappa shape index (κ3) is 5.02. The standard InChI is InChI=1S/C21H28N4O2/c1-13(2)11-19-22-21(25-24-19)23-20(27)14(3)16-9-7-15(8-10-16)12-17-5-4-6-18(17)26/h7-10,13-14,17H,4-6,11-12H2,1-3H3,(H2,22,23,24,25,27)/t14-,17+/m0/s1. The largest absolute Gasteiger partial charge is 0.299 e. The van der Waals surface area contributed by atoms with Crippen LogP contribution in [0.15, 0.2) is 24.3 Å². The molecule has 1 fully saturated rings. The van der Waals surface area contributed by atoms with E-state index >= 15 is 0 Å². The first kappa shape index (κ1) is 19.3. The molecule has 0 radical (unpaired) electrons. The van der Waals surface area contributed by atoms with Crippen LogP contribution >= 0.6 is 0 Å². The number of rotatable bonds is 7. The predicted octanol–water partition coefficient (Wildman–Crippen LogP) is 3.66. The van der Waals surface area contributed by atoms with Crippen molar-refractivity contribution in [2.45, 2.75) is 58.8 Å². The Labute approximate surface area is 160 Å². The summed E-state index contributed by atoms with van der Waals surface area (Å²) in [7, 11) is 0. The highest BCUT2D eigenvalue weighted by Gasteiger charge is 2.24. The summed E-state index contributed by atoms with van der Waals surface area (Å²) in [5.74, 6) is 1.68. The molecule has 1 aliphatic rings. The average Bonchev–Trinajstić information content (AvgIpc) is 3.23. The van der Waals surface area contributed by atoms with E-state index in [1.165, 1.54) is 0 Å². The third-order valence-electron chi connectivity index (χ3n) is 5.15. The molecule has 0 unspecified atom stereocenters. The first-order chi connectivity index (χ1) is 12.9. The molecule has 0 bridgehead atoms. The van der Waals surface area contributed by atoms with Gasteiger partial charge in [-0.05, 0) is 43.2 Å². The van der Waals surface area contributed by atoms with E-state index < -0.39 is 0 Å². The Morgan fingerprint density at radius 1 is 1.26 bits per heavy atom. The number of nitrogens with one attached hydrogen (secondary N) is 2. The van der Waals surface area contributed by atoms with Gasteiger partial charge in [0.05, 0.1) is 5.92 Å². The quantitative estimate of drug-likeness (QED) is 0.781. The van der Waals surface area contributed by atoms with Gasteiger partial charge in [0.15, 0.2) is 0 Å². The van der Waals surface area contributed by atoms with Crippen molar-refractivity contribution in [3.8, 4) is 0 Å². The topological polar surface area (TPSA) is 87.7 Å². The molecule has 0 saturated heterocycles. The van der Waals surface area contributed by atoms with Gasteiger partial charge in [-0.2, -0.15) is 4.98 Å². The zero-order valence-corrected chi connectivity index (χ0v) is 16.3. The monoisotopic (exact) mass is 368 g/mol. The van der Waals surface area contributed by atoms with Crippen LogP contribution in [0.4, 0.5) is 5.95 Å². The number of carbonyl (C=O) groups excluding carboxylic acids is 2. The molecule has 0 aliphatic heterocycles. The van der Waals surface area contributed by atoms with Crippen molar-refractivity contribution in [1.82, 2.24) is 15.2 Å². The van der Waals surface area contributed by atoms with E-state index in [-0.39, 0.29) is 17.7 Å². The van der Waals surface area contributed by atoms with Crippen LogP contribution in [0, 0.1) is 11.8 Å². The lowest BCUT2D eigenvalue weighted by Gasteiger charge is -2.13. The second-order valence-electron chi connectivity index (χ2n) is 7.92. The molecule has 2 atom stereocenters. The summed E-state index contributed by atoms with van der Waals surface area (Å²) in [6, 6.07) is 8.00. The summed E-state index contributed by atoms with van der Waals surface area (Å²) in [6.07, 6.45) is 4.33. The van der Waals surface area contributed by atoms with E-state index in [9.17, 15) is 9.59 Å². The molecule has 6 nitrogen and oxygen atoms in total. The van der Waals surface area contributed by atoms with E-state index in [1.807, 2.05) is 31.2 Å². The summed E-state index contributed by atoms with van der Waals surface area (Å²) >= 11 is 0. The van der Waals surface area contributed by atoms with Crippen molar-refractivity contribution in [2.24, 2.45) is 11.8 Å². The number of amides is 1. The maximum atomic E-state index is 12.5. The zero-order valence-electron chi connectivity index (χ0n) is 16.3. The number of nitrogens with zero attached hydrogens (tertiary/aromatic N) is 2. The van der Waals surface area contributed by atoms with Crippen molar-refractivity contribution in [3.05, 3.63) is 41.2 Å². The molecule has 1 amide bonds. The number of hydrogen-bond donors (Lipinski definition) is 2. The summed E-state index contributed by atoms with van der Waals surface area (Å²) in [5, 5.41) is 9.70. The second kappa shape index (κ2) is 8.46. The molecule has 0 spiro atoms. The maximum Gasteiger partial charge on any atom is 0.248 e. The van der Waals surface area contributed by atoms with Gasteiger partial charge in [0.1, 0.15) is 11.6 Å². The molecular weight excluding hydrogens is 340 g/mol. The summed E-state index contributed by atoms with van der Waals surface area (Å²) in [4.78, 5) is 28.6. The van der Waals surface area contributed by atoms with Crippen LogP contribution < -0.4 is 5.32 Å². The normalized spacial score (nSPS) is 18.1. The van der Waals surface area contributed by atoms with Crippen LogP contribution in [0.5, 0.6) is 0 Å². The SMILES string of the molecule is CC(C)Cc1nc(NC(=O)[C@@H](C)c2ccc(C[C@H]3CCCC3=O)cc2)n[nH]1. The Hall–Kier alpha value is -2.50. The number of anilines is 1. The van der Waals surface area contributed by atoms with Gasteiger partial charge in [0, 0.05) is 18.8 Å². The Bertz CT molecular complexity index is 795. The van der Waals surface area contributed by atoms with E-state index in [0.717, 1.165) is 49.1 Å². The van der Waals surface area contributed by atoms with Crippen LogP contribution in [0.1, 0.15) is 62.9 Å². The molecule has 27 heavy (non-hydrogen) atoms. The molecule has 3 rings (SSSR count). The highest BCUT2D eigenvalue weighted by molar-refractivity contribution is 5.94. The van der Waals surface area contributed by atoms with Crippen molar-refractivity contribution in [2.75, 3.05) is 5.32 Å². The van der Waals surface area contributed by atoms with Crippen LogP contribution in [0.3, 0.4) is 0 Å². The number of ketones is 1. The van der Waals surface area contributed by atoms with Crippen molar-refractivity contribution < 1.29 is 9.59 Å². The summed E-state index contributed by atoms with van der Waals surface area (Å²) in [5.41, 5.74) is 2.09. The molecule has 1 aromatic carbocycles. The van der Waals surface area contributed by atoms with Gasteiger partial charge in [-0.15, -0.1) is 5.10 Å². The smallest absolute Gasteiger partial charge is 0.248 e. The number of carbonyl (C=O) groups is 2. The van der Waals surface area contributed by atoms with Crippen molar-refractivity contribution in [3.63, 3.8) is 0 Å². The predicted molar refractivity (Wildman–Crippen MR) is 104 cm³/mol. The summed E-state index contributed by atoms with van der Waals surface area (Å²) < 4.78 is 0. The first-order valence-electron chi connectivity index (χ1n) is 9.76. The van der Waals surface area contributed by atoms with Crippen LogP contribution in [-0.4, -0.2) is 26.9 Å². The number of H-pyrrole nitrogens is 1. The zero-order chi connectivity index (χ0) is 19.4. The van der Waals surface area contributed by atoms with Crippen molar-refractivity contribution >= 4 is 17.6 Å². The van der Waals surface area contributed by atoms with E-state index in [1.54, 1.807) is 0 Å². The van der Waals surface area contributed by atoms with Gasteiger partial charge < -0.3 is 0 Å². The van der Waals surface area contributed by atoms with E-state index in [0.29, 0.717) is 17.6 Å². The third-order valence-corrected chi connectivity index (χ3v) is 5.15. The van der Waals surface area contributed by atoms with Crippen LogP contribution in [0.25, 0.3) is 0 Å². The van der Waals surface area contributed by atoms with Gasteiger partial charge in [0.2, 0.25) is 11.9 Å². The minimum atomic E-state index is -0.306. The Morgan fingerprint density at radius 2 is 2.00 bits per heavy atom. The minimum Gasteiger partial charge on any atom is -0.299 e. The van der Waals surface area contributed by atoms with E-state index in [4.69, 9.17) is 0 Å². The Morgan fingerprint density at radius 3 is 2.63 bits per heavy atom. The Kier molecular flexibility index (Phi) is 6.04. The lowest BCUT2D eigenvalue weighted by molar-refractivity contribution is -0.120. The number of aromatic nitrogens is 3. The molecule has 2 aromatic rings. The summed E-state index contributed by atoms with van der Waals surface area (Å²) in [6.45, 7) is 6.08. The fourth-order valence-corrected chi connectivity index (χ4v) is 3.53. The van der Waals surface area contributed by atoms with Crippen molar-refractivity contribution in [1.29, 1.82) is 0 Å². The molecular formula is C21H28N4O2. The average molecular weight is 368 g/mol. The molecule has 1 saturated carbocycles. The number of aromatic amines is 1. The lowest BCUT2D eigenvalue weighted by atomic mass is 9.94. The Balaban J connectivity index is 1.57. The number of hydrogen-bond acceptors (Lipinski definition) is 4. The van der Waals surface area contributed by atoms with Gasteiger partial charge in [-0.1, -0.05) is 38.1 Å². The minimum absolute atomic E-state index is 0.135. The van der Waals surface area contributed by atoms with E-state index in [2.05, 4.69) is 34.3 Å². The highest BCUT2D eigenvalue weighted by Crippen LogP contribution is 2.26. The van der Waals surface area contributed by atoms with Gasteiger partial charge >= 0.3 is 0 Å². The fraction of sp³-hybridized carbons (Fsp3) is 0.524.